The molecule has 1 saturated carbocycles. The van der Waals surface area contributed by atoms with Crippen molar-refractivity contribution in [3.05, 3.63) is 77.9 Å². The van der Waals surface area contributed by atoms with Gasteiger partial charge in [-0.15, -0.1) is 0 Å². The summed E-state index contributed by atoms with van der Waals surface area (Å²) in [5.41, 5.74) is 1.29. The van der Waals surface area contributed by atoms with Crippen LogP contribution in [0.2, 0.25) is 0 Å². The van der Waals surface area contributed by atoms with E-state index in [9.17, 15) is 14.4 Å². The Morgan fingerprint density at radius 3 is 2.33 bits per heavy atom. The van der Waals surface area contributed by atoms with Crippen molar-refractivity contribution < 1.29 is 28.6 Å². The van der Waals surface area contributed by atoms with Crippen LogP contribution < -0.4 is 19.7 Å². The number of carbonyl (C=O) groups excluding carboxylic acids is 3. The molecule has 1 unspecified atom stereocenters. The summed E-state index contributed by atoms with van der Waals surface area (Å²) in [5.74, 6) is -0.447. The number of methoxy groups -OCH3 is 2. The Kier molecular flexibility index (Phi) is 9.66. The predicted octanol–water partition coefficient (Wildman–Crippen LogP) is 4.51. The van der Waals surface area contributed by atoms with Crippen LogP contribution in [-0.4, -0.2) is 54.6 Å². The van der Waals surface area contributed by atoms with Crippen LogP contribution in [0.15, 0.2) is 61.1 Å². The first-order chi connectivity index (χ1) is 19.5. The van der Waals surface area contributed by atoms with E-state index in [-0.39, 0.29) is 24.2 Å². The van der Waals surface area contributed by atoms with Crippen LogP contribution >= 0.6 is 0 Å². The quantitative estimate of drug-likeness (QED) is 0.369. The van der Waals surface area contributed by atoms with Gasteiger partial charge in [0.15, 0.2) is 11.5 Å². The minimum atomic E-state index is -1.09. The first kappa shape index (κ1) is 28.5. The maximum Gasteiger partial charge on any atom is 0.338 e. The van der Waals surface area contributed by atoms with Gasteiger partial charge in [-0.05, 0) is 61.7 Å². The Morgan fingerprint density at radius 2 is 1.70 bits per heavy atom. The van der Waals surface area contributed by atoms with E-state index in [1.807, 2.05) is 0 Å². The predicted molar refractivity (Wildman–Crippen MR) is 149 cm³/mol. The van der Waals surface area contributed by atoms with Crippen molar-refractivity contribution in [1.82, 2.24) is 15.3 Å². The standard InChI is InChI=1S/C30H34N4O6/c1-4-40-30(37)20-10-13-23(14-11-20)34(29(36)24-19-31-16-17-32-24)27(28(35)33-22-8-6-5-7-9-22)21-12-15-25(38-2)26(18-21)39-3/h10-19,22,27H,4-9H2,1-3H3,(H,33,35). The van der Waals surface area contributed by atoms with E-state index in [1.165, 1.54) is 37.7 Å². The van der Waals surface area contributed by atoms with Gasteiger partial charge in [-0.25, -0.2) is 9.78 Å². The molecule has 210 valence electrons. The van der Waals surface area contributed by atoms with Gasteiger partial charge >= 0.3 is 5.97 Å². The van der Waals surface area contributed by atoms with Crippen LogP contribution in [0.25, 0.3) is 0 Å². The molecule has 0 saturated heterocycles. The molecule has 0 aliphatic heterocycles. The largest absolute Gasteiger partial charge is 0.493 e. The molecule has 2 amide bonds. The van der Waals surface area contributed by atoms with Gasteiger partial charge in [0.05, 0.1) is 32.6 Å². The SMILES string of the molecule is CCOC(=O)c1ccc(N(C(=O)c2cnccn2)C(C(=O)NC2CCCCC2)c2ccc(OC)c(OC)c2)cc1. The number of hydrogen-bond acceptors (Lipinski definition) is 8. The molecule has 1 aromatic heterocycles. The number of amides is 2. The minimum Gasteiger partial charge on any atom is -0.493 e. The summed E-state index contributed by atoms with van der Waals surface area (Å²) < 4.78 is 16.0. The van der Waals surface area contributed by atoms with Gasteiger partial charge in [0.2, 0.25) is 5.91 Å². The summed E-state index contributed by atoms with van der Waals surface area (Å²) in [5, 5.41) is 3.17. The summed E-state index contributed by atoms with van der Waals surface area (Å²) in [4.78, 5) is 50.1. The second kappa shape index (κ2) is 13.5. The lowest BCUT2D eigenvalue weighted by atomic mass is 9.94. The van der Waals surface area contributed by atoms with E-state index >= 15 is 0 Å². The highest BCUT2D eigenvalue weighted by molar-refractivity contribution is 6.09. The van der Waals surface area contributed by atoms with Crippen molar-refractivity contribution in [3.8, 4) is 11.5 Å². The number of carbonyl (C=O) groups is 3. The molecule has 0 spiro atoms. The van der Waals surface area contributed by atoms with Crippen molar-refractivity contribution in [2.75, 3.05) is 25.7 Å². The molecule has 10 heteroatoms. The van der Waals surface area contributed by atoms with Crippen LogP contribution in [0, 0.1) is 0 Å². The van der Waals surface area contributed by atoms with Crippen LogP contribution in [0.3, 0.4) is 0 Å². The zero-order valence-corrected chi connectivity index (χ0v) is 23.0. The Labute approximate surface area is 233 Å². The lowest BCUT2D eigenvalue weighted by Crippen LogP contribution is -2.47. The minimum absolute atomic E-state index is 0.00329. The number of benzene rings is 2. The maximum absolute atomic E-state index is 14.1. The molecule has 3 aromatic rings. The number of hydrogen-bond donors (Lipinski definition) is 1. The lowest BCUT2D eigenvalue weighted by molar-refractivity contribution is -0.123. The van der Waals surface area contributed by atoms with Gasteiger partial charge in [-0.3, -0.25) is 19.5 Å². The molecule has 1 N–H and O–H groups in total. The highest BCUT2D eigenvalue weighted by Gasteiger charge is 2.36. The number of esters is 1. The Hall–Kier alpha value is -4.47. The third-order valence-electron chi connectivity index (χ3n) is 6.84. The van der Waals surface area contributed by atoms with Gasteiger partial charge in [0.1, 0.15) is 11.7 Å². The van der Waals surface area contributed by atoms with E-state index in [2.05, 4.69) is 15.3 Å². The zero-order valence-electron chi connectivity index (χ0n) is 23.0. The van der Waals surface area contributed by atoms with Crippen LogP contribution in [0.4, 0.5) is 5.69 Å². The summed E-state index contributed by atoms with van der Waals surface area (Å²) in [6.07, 6.45) is 9.18. The summed E-state index contributed by atoms with van der Waals surface area (Å²) >= 11 is 0. The fraction of sp³-hybridized carbons (Fsp3) is 0.367. The topological polar surface area (TPSA) is 120 Å². The van der Waals surface area contributed by atoms with Crippen LogP contribution in [0.5, 0.6) is 11.5 Å². The average molecular weight is 547 g/mol. The molecule has 1 atom stereocenters. The summed E-state index contributed by atoms with van der Waals surface area (Å²) in [7, 11) is 3.04. The average Bonchev–Trinajstić information content (AvgIpc) is 3.00. The number of nitrogens with one attached hydrogen (secondary N) is 1. The van der Waals surface area contributed by atoms with Crippen molar-refractivity contribution in [1.29, 1.82) is 0 Å². The monoisotopic (exact) mass is 546 g/mol. The van der Waals surface area contributed by atoms with Gasteiger partial charge in [-0.2, -0.15) is 0 Å². The summed E-state index contributed by atoms with van der Waals surface area (Å²) in [6.45, 7) is 1.97. The highest BCUT2D eigenvalue weighted by Crippen LogP contribution is 2.35. The zero-order chi connectivity index (χ0) is 28.5. The van der Waals surface area contributed by atoms with Crippen LogP contribution in [-0.2, 0) is 9.53 Å². The van der Waals surface area contributed by atoms with E-state index < -0.39 is 17.9 Å². The fourth-order valence-electron chi connectivity index (χ4n) is 4.86. The first-order valence-corrected chi connectivity index (χ1v) is 13.4. The smallest absolute Gasteiger partial charge is 0.338 e. The Bertz CT molecular complexity index is 1310. The first-order valence-electron chi connectivity index (χ1n) is 13.4. The molecule has 0 bridgehead atoms. The third-order valence-corrected chi connectivity index (χ3v) is 6.84. The third kappa shape index (κ3) is 6.56. The van der Waals surface area contributed by atoms with Crippen molar-refractivity contribution in [2.24, 2.45) is 0 Å². The molecular formula is C30H34N4O6. The lowest BCUT2D eigenvalue weighted by Gasteiger charge is -2.33. The van der Waals surface area contributed by atoms with Crippen molar-refractivity contribution in [3.63, 3.8) is 0 Å². The van der Waals surface area contributed by atoms with Crippen molar-refractivity contribution in [2.45, 2.75) is 51.1 Å². The van der Waals surface area contributed by atoms with Gasteiger partial charge in [0.25, 0.3) is 5.91 Å². The molecule has 1 heterocycles. The molecule has 1 aliphatic carbocycles. The van der Waals surface area contributed by atoms with E-state index in [0.29, 0.717) is 28.3 Å². The molecule has 1 fully saturated rings. The molecule has 4 rings (SSSR count). The Balaban J connectivity index is 1.84. The number of ether oxygens (including phenoxy) is 3. The second-order valence-corrected chi connectivity index (χ2v) is 9.39. The molecule has 40 heavy (non-hydrogen) atoms. The van der Waals surface area contributed by atoms with Gasteiger partial charge in [0, 0.05) is 24.1 Å². The van der Waals surface area contributed by atoms with E-state index in [4.69, 9.17) is 14.2 Å². The van der Waals surface area contributed by atoms with E-state index in [1.54, 1.807) is 49.4 Å². The maximum atomic E-state index is 14.1. The molecule has 1 aliphatic rings. The highest BCUT2D eigenvalue weighted by atomic mass is 16.5. The van der Waals surface area contributed by atoms with Crippen LogP contribution in [0.1, 0.15) is 71.5 Å². The number of anilines is 1. The Morgan fingerprint density at radius 1 is 0.975 bits per heavy atom. The fourth-order valence-corrected chi connectivity index (χ4v) is 4.86. The van der Waals surface area contributed by atoms with Gasteiger partial charge in [-0.1, -0.05) is 25.3 Å². The number of rotatable bonds is 10. The molecular weight excluding hydrogens is 512 g/mol. The normalized spacial score (nSPS) is 14.1. The molecule has 2 aromatic carbocycles. The number of nitrogens with zero attached hydrogens (tertiary/aromatic N) is 3. The van der Waals surface area contributed by atoms with Crippen molar-refractivity contribution >= 4 is 23.5 Å². The summed E-state index contributed by atoms with van der Waals surface area (Å²) in [6, 6.07) is 10.4. The van der Waals surface area contributed by atoms with E-state index in [0.717, 1.165) is 32.1 Å². The number of aromatic nitrogens is 2. The molecule has 0 radical (unpaired) electrons. The van der Waals surface area contributed by atoms with Gasteiger partial charge < -0.3 is 19.5 Å². The second-order valence-electron chi connectivity index (χ2n) is 9.39. The molecule has 10 nitrogen and oxygen atoms in total.